The Morgan fingerprint density at radius 2 is 1.67 bits per heavy atom. The molecule has 1 aromatic heterocycles. The summed E-state index contributed by atoms with van der Waals surface area (Å²) >= 11 is 0. The highest BCUT2D eigenvalue weighted by molar-refractivity contribution is 5.95. The molecule has 2 heterocycles. The van der Waals surface area contributed by atoms with E-state index in [1.165, 1.54) is 11.1 Å². The second-order valence-corrected chi connectivity index (χ2v) is 9.09. The maximum absolute atomic E-state index is 12.0. The zero-order valence-corrected chi connectivity index (χ0v) is 20.4. The summed E-state index contributed by atoms with van der Waals surface area (Å²) < 4.78 is 8.31. The maximum Gasteiger partial charge on any atom is 0.337 e. The number of nitrogens with zero attached hydrogens (tertiary/aromatic N) is 2. The van der Waals surface area contributed by atoms with Crippen LogP contribution in [0.5, 0.6) is 5.75 Å². The van der Waals surface area contributed by atoms with E-state index in [0.29, 0.717) is 17.8 Å². The van der Waals surface area contributed by atoms with E-state index in [0.717, 1.165) is 30.9 Å². The van der Waals surface area contributed by atoms with Crippen molar-refractivity contribution in [2.75, 3.05) is 11.4 Å². The van der Waals surface area contributed by atoms with Gasteiger partial charge in [0.15, 0.2) is 0 Å². The van der Waals surface area contributed by atoms with E-state index in [1.54, 1.807) is 6.07 Å². The first-order valence-corrected chi connectivity index (χ1v) is 12.4. The number of nitrogens with one attached hydrogen (secondary N) is 1. The number of ether oxygens (including phenoxy) is 1. The summed E-state index contributed by atoms with van der Waals surface area (Å²) in [4.78, 5) is 14.2. The van der Waals surface area contributed by atoms with Gasteiger partial charge < -0.3 is 24.6 Å². The van der Waals surface area contributed by atoms with Crippen molar-refractivity contribution in [3.8, 4) is 11.4 Å². The number of aromatic nitrogens is 1. The highest BCUT2D eigenvalue weighted by Gasteiger charge is 2.41. The van der Waals surface area contributed by atoms with Crippen molar-refractivity contribution in [2.24, 2.45) is 0 Å². The van der Waals surface area contributed by atoms with Crippen LogP contribution in [0.4, 0.5) is 5.69 Å². The van der Waals surface area contributed by atoms with Crippen molar-refractivity contribution in [2.45, 2.75) is 38.6 Å². The lowest BCUT2D eigenvalue weighted by Gasteiger charge is -2.49. The van der Waals surface area contributed by atoms with Gasteiger partial charge in [-0.1, -0.05) is 55.5 Å². The van der Waals surface area contributed by atoms with Crippen LogP contribution in [-0.2, 0) is 13.1 Å². The largest absolute Gasteiger partial charge is 0.486 e. The normalized spacial score (nSPS) is 17.0. The summed E-state index contributed by atoms with van der Waals surface area (Å²) in [5, 5.41) is 13.3. The van der Waals surface area contributed by atoms with E-state index >= 15 is 0 Å². The molecule has 36 heavy (non-hydrogen) atoms. The van der Waals surface area contributed by atoms with Crippen LogP contribution in [0.1, 0.15) is 34.8 Å². The van der Waals surface area contributed by atoms with Crippen LogP contribution < -0.4 is 15.0 Å². The van der Waals surface area contributed by atoms with Gasteiger partial charge >= 0.3 is 5.97 Å². The number of anilines is 1. The van der Waals surface area contributed by atoms with Gasteiger partial charge in [-0.15, -0.1) is 0 Å². The fraction of sp³-hybridized carbons (Fsp3) is 0.233. The van der Waals surface area contributed by atoms with Gasteiger partial charge in [0.1, 0.15) is 11.9 Å². The summed E-state index contributed by atoms with van der Waals surface area (Å²) in [6.45, 7) is 4.43. The highest BCUT2D eigenvalue weighted by atomic mass is 16.5. The van der Waals surface area contributed by atoms with Crippen LogP contribution in [0.2, 0.25) is 0 Å². The molecule has 0 aliphatic carbocycles. The van der Waals surface area contributed by atoms with E-state index < -0.39 is 5.97 Å². The Balaban J connectivity index is 1.28. The molecule has 4 aromatic rings. The lowest BCUT2D eigenvalue weighted by molar-refractivity contribution is 0.0697. The van der Waals surface area contributed by atoms with E-state index in [4.69, 9.17) is 4.74 Å². The van der Waals surface area contributed by atoms with E-state index in [2.05, 4.69) is 53.5 Å². The lowest BCUT2D eigenvalue weighted by Crippen LogP contribution is -2.62. The summed E-state index contributed by atoms with van der Waals surface area (Å²) in [5.41, 5.74) is 4.34. The van der Waals surface area contributed by atoms with Crippen LogP contribution in [0.25, 0.3) is 5.69 Å². The standard InChI is InChI=1S/C30H31N3O3/c1-2-26-28(36-24-13-8-12-23(18-24)20-31-19-22-10-4-3-5-11-22)21-33(26)27-15-9-14-25(30(34)35)29(27)32-16-6-7-17-32/h3-18,26,28,31H,2,19-21H2,1H3,(H,34,35). The molecule has 1 fully saturated rings. The third kappa shape index (κ3) is 4.99. The van der Waals surface area contributed by atoms with E-state index in [-0.39, 0.29) is 12.1 Å². The molecular formula is C30H31N3O3. The van der Waals surface area contributed by atoms with Crippen molar-refractivity contribution in [3.63, 3.8) is 0 Å². The third-order valence-corrected chi connectivity index (χ3v) is 6.73. The van der Waals surface area contributed by atoms with Gasteiger partial charge in [0, 0.05) is 25.5 Å². The molecule has 6 heteroatoms. The van der Waals surface area contributed by atoms with Crippen molar-refractivity contribution in [3.05, 3.63) is 114 Å². The van der Waals surface area contributed by atoms with Gasteiger partial charge in [-0.3, -0.25) is 0 Å². The molecule has 1 aliphatic rings. The zero-order chi connectivity index (χ0) is 24.9. The van der Waals surface area contributed by atoms with Crippen LogP contribution >= 0.6 is 0 Å². The molecule has 1 aliphatic heterocycles. The zero-order valence-electron chi connectivity index (χ0n) is 20.4. The minimum atomic E-state index is -0.931. The van der Waals surface area contributed by atoms with Gasteiger partial charge in [-0.05, 0) is 53.9 Å². The summed E-state index contributed by atoms with van der Waals surface area (Å²) in [6, 6.07) is 28.1. The number of aromatic carboxylic acids is 1. The molecule has 1 saturated heterocycles. The average Bonchev–Trinajstić information content (AvgIpc) is 3.42. The molecule has 5 rings (SSSR count). The van der Waals surface area contributed by atoms with Crippen LogP contribution in [-0.4, -0.2) is 34.3 Å². The minimum absolute atomic E-state index is 0.0357. The maximum atomic E-state index is 12.0. The Bertz CT molecular complexity index is 1300. The first-order valence-electron chi connectivity index (χ1n) is 12.4. The predicted molar refractivity (Wildman–Crippen MR) is 142 cm³/mol. The molecule has 0 amide bonds. The first kappa shape index (κ1) is 23.7. The van der Waals surface area contributed by atoms with Crippen molar-refractivity contribution < 1.29 is 14.6 Å². The Morgan fingerprint density at radius 1 is 0.944 bits per heavy atom. The Labute approximate surface area is 211 Å². The van der Waals surface area contributed by atoms with Crippen molar-refractivity contribution in [1.29, 1.82) is 0 Å². The minimum Gasteiger partial charge on any atom is -0.486 e. The average molecular weight is 482 g/mol. The van der Waals surface area contributed by atoms with Gasteiger partial charge in [0.25, 0.3) is 0 Å². The van der Waals surface area contributed by atoms with Crippen LogP contribution in [0.15, 0.2) is 97.3 Å². The van der Waals surface area contributed by atoms with Gasteiger partial charge in [-0.2, -0.15) is 0 Å². The summed E-state index contributed by atoms with van der Waals surface area (Å²) in [6.07, 6.45) is 4.70. The number of carboxylic acid groups (broad SMARTS) is 1. The fourth-order valence-electron chi connectivity index (χ4n) is 4.93. The fourth-order valence-corrected chi connectivity index (χ4v) is 4.93. The lowest BCUT2D eigenvalue weighted by atomic mass is 9.94. The smallest absolute Gasteiger partial charge is 0.337 e. The number of carboxylic acids is 1. The molecule has 184 valence electrons. The number of benzene rings is 3. The van der Waals surface area contributed by atoms with Crippen molar-refractivity contribution in [1.82, 2.24) is 9.88 Å². The van der Waals surface area contributed by atoms with Crippen LogP contribution in [0.3, 0.4) is 0 Å². The number of para-hydroxylation sites is 1. The van der Waals surface area contributed by atoms with E-state index in [9.17, 15) is 9.90 Å². The molecule has 0 saturated carbocycles. The Hall–Kier alpha value is -4.03. The van der Waals surface area contributed by atoms with Gasteiger partial charge in [0.05, 0.1) is 29.5 Å². The van der Waals surface area contributed by atoms with Gasteiger partial charge in [-0.25, -0.2) is 4.79 Å². The molecular weight excluding hydrogens is 450 g/mol. The first-order chi connectivity index (χ1) is 17.6. The second kappa shape index (κ2) is 10.7. The highest BCUT2D eigenvalue weighted by Crippen LogP contribution is 2.37. The molecule has 6 nitrogen and oxygen atoms in total. The molecule has 2 N–H and O–H groups in total. The van der Waals surface area contributed by atoms with E-state index in [1.807, 2.05) is 59.4 Å². The predicted octanol–water partition coefficient (Wildman–Crippen LogP) is 5.51. The Kier molecular flexibility index (Phi) is 7.05. The molecule has 0 spiro atoms. The molecule has 2 atom stereocenters. The van der Waals surface area contributed by atoms with Crippen LogP contribution in [0, 0.1) is 0 Å². The summed E-state index contributed by atoms with van der Waals surface area (Å²) in [7, 11) is 0. The number of rotatable bonds is 10. The molecule has 2 unspecified atom stereocenters. The SMILES string of the molecule is CCC1C(Oc2cccc(CNCc3ccccc3)c2)CN1c1cccc(C(=O)O)c1-n1cccc1. The Morgan fingerprint density at radius 3 is 2.42 bits per heavy atom. The quantitative estimate of drug-likeness (QED) is 0.313. The number of hydrogen-bond acceptors (Lipinski definition) is 4. The monoisotopic (exact) mass is 481 g/mol. The number of carbonyl (C=O) groups is 1. The number of hydrogen-bond donors (Lipinski definition) is 2. The summed E-state index contributed by atoms with van der Waals surface area (Å²) in [5.74, 6) is -0.0679. The van der Waals surface area contributed by atoms with Gasteiger partial charge in [0.2, 0.25) is 0 Å². The molecule has 0 bridgehead atoms. The molecule has 0 radical (unpaired) electrons. The van der Waals surface area contributed by atoms with Crippen molar-refractivity contribution >= 4 is 11.7 Å². The topological polar surface area (TPSA) is 66.7 Å². The molecule has 3 aromatic carbocycles. The third-order valence-electron chi connectivity index (χ3n) is 6.73. The second-order valence-electron chi connectivity index (χ2n) is 9.09.